The Morgan fingerprint density at radius 3 is 2.67 bits per heavy atom. The first-order valence-corrected chi connectivity index (χ1v) is 6.21. The fourth-order valence-corrected chi connectivity index (χ4v) is 2.10. The molecule has 18 heavy (non-hydrogen) atoms. The molecule has 3 heteroatoms. The highest BCUT2D eigenvalue weighted by atomic mass is 16.5. The molecule has 1 aliphatic rings. The molecule has 1 aliphatic heterocycles. The van der Waals surface area contributed by atoms with E-state index >= 15 is 0 Å². The second-order valence-electron chi connectivity index (χ2n) is 5.79. The summed E-state index contributed by atoms with van der Waals surface area (Å²) in [6.45, 7) is 5.72. The van der Waals surface area contributed by atoms with Crippen LogP contribution in [-0.4, -0.2) is 11.8 Å². The van der Waals surface area contributed by atoms with Gasteiger partial charge in [0.25, 0.3) is 0 Å². The van der Waals surface area contributed by atoms with E-state index in [4.69, 9.17) is 4.74 Å². The van der Waals surface area contributed by atoms with Crippen LogP contribution in [0.2, 0.25) is 0 Å². The lowest BCUT2D eigenvalue weighted by Gasteiger charge is -2.26. The third kappa shape index (κ3) is 2.61. The summed E-state index contributed by atoms with van der Waals surface area (Å²) in [6.07, 6.45) is 0.689. The van der Waals surface area contributed by atoms with Gasteiger partial charge in [-0.3, -0.25) is 9.59 Å². The summed E-state index contributed by atoms with van der Waals surface area (Å²) in [6, 6.07) is 7.45. The van der Waals surface area contributed by atoms with Crippen LogP contribution in [0.15, 0.2) is 24.3 Å². The molecule has 0 radical (unpaired) electrons. The first kappa shape index (κ1) is 12.8. The van der Waals surface area contributed by atoms with Crippen LogP contribution in [0, 0.1) is 5.41 Å². The second kappa shape index (κ2) is 4.56. The van der Waals surface area contributed by atoms with Crippen LogP contribution in [0.5, 0.6) is 5.75 Å². The maximum Gasteiger partial charge on any atom is 0.311 e. The Morgan fingerprint density at radius 2 is 2.00 bits per heavy atom. The smallest absolute Gasteiger partial charge is 0.311 e. The summed E-state index contributed by atoms with van der Waals surface area (Å²) in [5.74, 6) is 0.479. The van der Waals surface area contributed by atoms with Crippen LogP contribution in [0.25, 0.3) is 0 Å². The Labute approximate surface area is 107 Å². The van der Waals surface area contributed by atoms with Gasteiger partial charge in [-0.1, -0.05) is 39.0 Å². The lowest BCUT2D eigenvalue weighted by molar-refractivity contribution is -0.136. The van der Waals surface area contributed by atoms with Crippen LogP contribution >= 0.6 is 0 Å². The van der Waals surface area contributed by atoms with Gasteiger partial charge in [-0.2, -0.15) is 0 Å². The van der Waals surface area contributed by atoms with Crippen molar-refractivity contribution in [1.82, 2.24) is 0 Å². The van der Waals surface area contributed by atoms with E-state index in [2.05, 4.69) is 0 Å². The van der Waals surface area contributed by atoms with Crippen molar-refractivity contribution in [2.45, 2.75) is 39.5 Å². The Bertz CT molecular complexity index is 483. The summed E-state index contributed by atoms with van der Waals surface area (Å²) in [4.78, 5) is 23.6. The van der Waals surface area contributed by atoms with E-state index in [-0.39, 0.29) is 23.1 Å². The van der Waals surface area contributed by atoms with E-state index in [1.807, 2.05) is 39.0 Å². The van der Waals surface area contributed by atoms with Gasteiger partial charge in [0.05, 0.1) is 6.42 Å². The van der Waals surface area contributed by atoms with Gasteiger partial charge in [-0.15, -0.1) is 0 Å². The minimum Gasteiger partial charge on any atom is -0.426 e. The number of hydrogen-bond acceptors (Lipinski definition) is 3. The molecule has 1 heterocycles. The molecule has 0 spiro atoms. The number of Topliss-reactive ketones (excluding diaryl/α,β-unsaturated/α-hetero) is 1. The van der Waals surface area contributed by atoms with E-state index in [9.17, 15) is 9.59 Å². The van der Waals surface area contributed by atoms with Crippen molar-refractivity contribution >= 4 is 11.8 Å². The zero-order valence-electron chi connectivity index (χ0n) is 11.0. The Kier molecular flexibility index (Phi) is 3.24. The van der Waals surface area contributed by atoms with Gasteiger partial charge < -0.3 is 4.74 Å². The molecule has 96 valence electrons. The van der Waals surface area contributed by atoms with Crippen molar-refractivity contribution in [1.29, 1.82) is 0 Å². The van der Waals surface area contributed by atoms with Crippen molar-refractivity contribution in [2.24, 2.45) is 5.41 Å². The van der Waals surface area contributed by atoms with E-state index in [1.165, 1.54) is 0 Å². The first-order chi connectivity index (χ1) is 8.38. The molecule has 1 aromatic carbocycles. The summed E-state index contributed by atoms with van der Waals surface area (Å²) >= 11 is 0. The van der Waals surface area contributed by atoms with Gasteiger partial charge in [-0.25, -0.2) is 0 Å². The minimum absolute atomic E-state index is 0.0471. The summed E-state index contributed by atoms with van der Waals surface area (Å²) in [5.41, 5.74) is 0.603. The summed E-state index contributed by atoms with van der Waals surface area (Å²) in [5, 5.41) is 0. The van der Waals surface area contributed by atoms with E-state index in [1.54, 1.807) is 6.07 Å². The monoisotopic (exact) mass is 246 g/mol. The van der Waals surface area contributed by atoms with Crippen molar-refractivity contribution in [3.63, 3.8) is 0 Å². The lowest BCUT2D eigenvalue weighted by Crippen LogP contribution is -2.26. The number of para-hydroxylation sites is 1. The molecule has 0 aliphatic carbocycles. The second-order valence-corrected chi connectivity index (χ2v) is 5.79. The summed E-state index contributed by atoms with van der Waals surface area (Å²) in [7, 11) is 0. The number of esters is 1. The van der Waals surface area contributed by atoms with Crippen LogP contribution in [-0.2, 0) is 9.59 Å². The Hall–Kier alpha value is -1.64. The van der Waals surface area contributed by atoms with E-state index in [0.29, 0.717) is 18.6 Å². The normalized spacial score (nSPS) is 19.1. The number of hydrogen-bond donors (Lipinski definition) is 0. The van der Waals surface area contributed by atoms with Gasteiger partial charge >= 0.3 is 5.97 Å². The molecule has 0 amide bonds. The van der Waals surface area contributed by atoms with Gasteiger partial charge in [-0.05, 0) is 11.6 Å². The highest BCUT2D eigenvalue weighted by Gasteiger charge is 2.31. The molecule has 0 N–H and O–H groups in total. The van der Waals surface area contributed by atoms with Crippen molar-refractivity contribution in [3.05, 3.63) is 29.8 Å². The van der Waals surface area contributed by atoms with Crippen molar-refractivity contribution in [2.75, 3.05) is 0 Å². The average molecular weight is 246 g/mol. The number of carbonyl (C=O) groups excluding carboxylic acids is 2. The predicted octanol–water partition coefficient (Wildman–Crippen LogP) is 3.08. The molecule has 0 bridgehead atoms. The first-order valence-electron chi connectivity index (χ1n) is 6.21. The highest BCUT2D eigenvalue weighted by molar-refractivity contribution is 5.86. The lowest BCUT2D eigenvalue weighted by atomic mass is 9.81. The van der Waals surface area contributed by atoms with E-state index in [0.717, 1.165) is 5.56 Å². The molecule has 1 atom stereocenters. The fraction of sp³-hybridized carbons (Fsp3) is 0.467. The van der Waals surface area contributed by atoms with Gasteiger partial charge in [0.1, 0.15) is 11.5 Å². The zero-order valence-corrected chi connectivity index (χ0v) is 11.0. The molecule has 0 saturated carbocycles. The maximum atomic E-state index is 12.1. The molecule has 2 rings (SSSR count). The molecule has 3 nitrogen and oxygen atoms in total. The third-order valence-corrected chi connectivity index (χ3v) is 3.26. The average Bonchev–Trinajstić information content (AvgIpc) is 2.27. The van der Waals surface area contributed by atoms with Crippen LogP contribution in [0.3, 0.4) is 0 Å². The number of ether oxygens (including phenoxy) is 1. The zero-order chi connectivity index (χ0) is 13.3. The van der Waals surface area contributed by atoms with E-state index < -0.39 is 0 Å². The van der Waals surface area contributed by atoms with Crippen LogP contribution in [0.4, 0.5) is 0 Å². The van der Waals surface area contributed by atoms with Gasteiger partial charge in [0, 0.05) is 17.8 Å². The number of benzene rings is 1. The quantitative estimate of drug-likeness (QED) is 0.595. The summed E-state index contributed by atoms with van der Waals surface area (Å²) < 4.78 is 5.18. The predicted molar refractivity (Wildman–Crippen MR) is 68.5 cm³/mol. The molecule has 0 aromatic heterocycles. The number of carbonyl (C=O) groups is 2. The highest BCUT2D eigenvalue weighted by Crippen LogP contribution is 2.37. The number of ketones is 1. The standard InChI is InChI=1S/C15H18O3/c1-15(2,3)13(16)8-10-9-14(17)18-12-7-5-4-6-11(10)12/h4-7,10H,8-9H2,1-3H3. The molecule has 1 aromatic rings. The molecule has 0 saturated heterocycles. The third-order valence-electron chi connectivity index (χ3n) is 3.26. The molecule has 0 fully saturated rings. The Balaban J connectivity index is 2.24. The molecular weight excluding hydrogens is 228 g/mol. The maximum absolute atomic E-state index is 12.1. The minimum atomic E-state index is -0.365. The van der Waals surface area contributed by atoms with Gasteiger partial charge in [0.15, 0.2) is 0 Å². The Morgan fingerprint density at radius 1 is 1.33 bits per heavy atom. The fourth-order valence-electron chi connectivity index (χ4n) is 2.10. The molecule has 1 unspecified atom stereocenters. The van der Waals surface area contributed by atoms with Crippen LogP contribution in [0.1, 0.15) is 45.1 Å². The number of fused-ring (bicyclic) bond motifs is 1. The topological polar surface area (TPSA) is 43.4 Å². The largest absolute Gasteiger partial charge is 0.426 e. The van der Waals surface area contributed by atoms with Gasteiger partial charge in [0.2, 0.25) is 0 Å². The van der Waals surface area contributed by atoms with Crippen LogP contribution < -0.4 is 4.74 Å². The van der Waals surface area contributed by atoms with Crippen molar-refractivity contribution in [3.8, 4) is 5.75 Å². The molecular formula is C15H18O3. The number of rotatable bonds is 2. The SMILES string of the molecule is CC(C)(C)C(=O)CC1CC(=O)Oc2ccccc21. The van der Waals surface area contributed by atoms with Crippen molar-refractivity contribution < 1.29 is 14.3 Å².